The number of carbonyl (C=O) groups excluding carboxylic acids is 1. The van der Waals surface area contributed by atoms with Gasteiger partial charge in [0.2, 0.25) is 0 Å². The Morgan fingerprint density at radius 2 is 2.11 bits per heavy atom. The van der Waals surface area contributed by atoms with E-state index in [9.17, 15) is 4.79 Å². The topological polar surface area (TPSA) is 71.7 Å². The molecule has 0 bridgehead atoms. The molecule has 104 valence electrons. The lowest BCUT2D eigenvalue weighted by molar-refractivity contribution is 0.105. The minimum Gasteiger partial charge on any atom is -0.450 e. The van der Waals surface area contributed by atoms with E-state index in [4.69, 9.17) is 10.5 Å². The zero-order chi connectivity index (χ0) is 13.8. The number of hydrogen-bond donors (Lipinski definition) is 1. The van der Waals surface area contributed by atoms with Gasteiger partial charge in [-0.1, -0.05) is 0 Å². The Labute approximate surface area is 120 Å². The van der Waals surface area contributed by atoms with Crippen LogP contribution in [0.5, 0.6) is 0 Å². The van der Waals surface area contributed by atoms with Gasteiger partial charge in [-0.15, -0.1) is 0 Å². The standard InChI is InChI=1S/C12H17BrN4O2/c1-2-19-12(18)17-5-3-16(4-6-17)11-9(13)7-15-8-10(11)14/h7-8H,2-6,14H2,1H3. The van der Waals surface area contributed by atoms with E-state index in [0.717, 1.165) is 23.2 Å². The van der Waals surface area contributed by atoms with Gasteiger partial charge in [-0.25, -0.2) is 4.79 Å². The molecule has 1 saturated heterocycles. The predicted octanol–water partition coefficient (Wildman–Crippen LogP) is 1.70. The Kier molecular flexibility index (Phi) is 4.47. The summed E-state index contributed by atoms with van der Waals surface area (Å²) in [6.07, 6.45) is 3.12. The van der Waals surface area contributed by atoms with Crippen LogP contribution in [0.1, 0.15) is 6.92 Å². The van der Waals surface area contributed by atoms with E-state index in [-0.39, 0.29) is 6.09 Å². The van der Waals surface area contributed by atoms with Crippen molar-refractivity contribution in [2.45, 2.75) is 6.92 Å². The average molecular weight is 329 g/mol. The second-order valence-corrected chi connectivity index (χ2v) is 5.09. The van der Waals surface area contributed by atoms with Crippen molar-refractivity contribution >= 4 is 33.4 Å². The van der Waals surface area contributed by atoms with Gasteiger partial charge in [-0.05, 0) is 22.9 Å². The van der Waals surface area contributed by atoms with E-state index in [0.29, 0.717) is 25.4 Å². The molecule has 0 aromatic carbocycles. The van der Waals surface area contributed by atoms with Crippen molar-refractivity contribution in [3.8, 4) is 0 Å². The van der Waals surface area contributed by atoms with Crippen LogP contribution in [0.4, 0.5) is 16.2 Å². The number of carbonyl (C=O) groups is 1. The third-order valence-corrected chi connectivity index (χ3v) is 3.60. The van der Waals surface area contributed by atoms with Gasteiger partial charge >= 0.3 is 6.09 Å². The first kappa shape index (κ1) is 13.9. The molecule has 1 aliphatic rings. The molecule has 2 N–H and O–H groups in total. The minimum absolute atomic E-state index is 0.246. The molecule has 0 saturated carbocycles. The first-order valence-electron chi connectivity index (χ1n) is 6.19. The number of nitrogens with zero attached hydrogens (tertiary/aromatic N) is 3. The van der Waals surface area contributed by atoms with Crippen LogP contribution in [0.15, 0.2) is 16.9 Å². The van der Waals surface area contributed by atoms with Crippen LogP contribution in [-0.2, 0) is 4.74 Å². The minimum atomic E-state index is -0.246. The molecule has 0 spiro atoms. The van der Waals surface area contributed by atoms with Crippen LogP contribution in [0.2, 0.25) is 0 Å². The van der Waals surface area contributed by atoms with Crippen LogP contribution < -0.4 is 10.6 Å². The van der Waals surface area contributed by atoms with Gasteiger partial charge in [-0.2, -0.15) is 0 Å². The summed E-state index contributed by atoms with van der Waals surface area (Å²) in [5.74, 6) is 0. The van der Waals surface area contributed by atoms with Crippen molar-refractivity contribution in [1.29, 1.82) is 0 Å². The van der Waals surface area contributed by atoms with E-state index in [1.165, 1.54) is 0 Å². The van der Waals surface area contributed by atoms with Crippen molar-refractivity contribution < 1.29 is 9.53 Å². The fourth-order valence-corrected chi connectivity index (χ4v) is 2.70. The highest BCUT2D eigenvalue weighted by molar-refractivity contribution is 9.10. The number of hydrogen-bond acceptors (Lipinski definition) is 5. The Hall–Kier alpha value is -1.50. The molecule has 2 rings (SSSR count). The first-order valence-corrected chi connectivity index (χ1v) is 6.98. The number of ether oxygens (including phenoxy) is 1. The summed E-state index contributed by atoms with van der Waals surface area (Å²) in [5, 5.41) is 0. The fraction of sp³-hybridized carbons (Fsp3) is 0.500. The van der Waals surface area contributed by atoms with E-state index in [1.54, 1.807) is 17.3 Å². The van der Waals surface area contributed by atoms with Crippen molar-refractivity contribution in [3.05, 3.63) is 16.9 Å². The Morgan fingerprint density at radius 3 is 2.68 bits per heavy atom. The summed E-state index contributed by atoms with van der Waals surface area (Å²) in [6.45, 7) is 4.93. The number of rotatable bonds is 2. The lowest BCUT2D eigenvalue weighted by Gasteiger charge is -2.36. The lowest BCUT2D eigenvalue weighted by Crippen LogP contribution is -2.49. The fourth-order valence-electron chi connectivity index (χ4n) is 2.10. The van der Waals surface area contributed by atoms with Gasteiger partial charge in [0.25, 0.3) is 0 Å². The summed E-state index contributed by atoms with van der Waals surface area (Å²) in [7, 11) is 0. The van der Waals surface area contributed by atoms with Gasteiger partial charge in [-0.3, -0.25) is 4.98 Å². The SMILES string of the molecule is CCOC(=O)N1CCN(c2c(N)cncc2Br)CC1. The number of nitrogen functional groups attached to an aromatic ring is 1. The average Bonchev–Trinajstić information content (AvgIpc) is 2.39. The van der Waals surface area contributed by atoms with E-state index in [1.807, 2.05) is 6.92 Å². The molecule has 1 aliphatic heterocycles. The third kappa shape index (κ3) is 3.09. The van der Waals surface area contributed by atoms with Gasteiger partial charge in [0.15, 0.2) is 0 Å². The molecule has 0 aliphatic carbocycles. The second kappa shape index (κ2) is 6.10. The summed E-state index contributed by atoms with van der Waals surface area (Å²) in [5.41, 5.74) is 7.54. The number of aromatic nitrogens is 1. The molecule has 19 heavy (non-hydrogen) atoms. The highest BCUT2D eigenvalue weighted by Crippen LogP contribution is 2.31. The number of piperazine rings is 1. The van der Waals surface area contributed by atoms with Crippen LogP contribution in [-0.4, -0.2) is 48.8 Å². The van der Waals surface area contributed by atoms with Crippen LogP contribution >= 0.6 is 15.9 Å². The number of pyridine rings is 1. The first-order chi connectivity index (χ1) is 9.13. The normalized spacial score (nSPS) is 15.5. The highest BCUT2D eigenvalue weighted by Gasteiger charge is 2.24. The summed E-state index contributed by atoms with van der Waals surface area (Å²) in [6, 6.07) is 0. The maximum absolute atomic E-state index is 11.6. The molecule has 0 atom stereocenters. The summed E-state index contributed by atoms with van der Waals surface area (Å²) >= 11 is 3.46. The van der Waals surface area contributed by atoms with Crippen molar-refractivity contribution in [2.75, 3.05) is 43.4 Å². The second-order valence-electron chi connectivity index (χ2n) is 4.23. The maximum Gasteiger partial charge on any atom is 0.409 e. The van der Waals surface area contributed by atoms with E-state index in [2.05, 4.69) is 25.8 Å². The molecule has 0 unspecified atom stereocenters. The Bertz CT molecular complexity index is 441. The van der Waals surface area contributed by atoms with Gasteiger partial charge in [0.1, 0.15) is 0 Å². The summed E-state index contributed by atoms with van der Waals surface area (Å²) < 4.78 is 5.87. The zero-order valence-electron chi connectivity index (χ0n) is 10.8. The summed E-state index contributed by atoms with van der Waals surface area (Å²) in [4.78, 5) is 19.5. The lowest BCUT2D eigenvalue weighted by atomic mass is 10.2. The molecular formula is C12H17BrN4O2. The molecule has 2 heterocycles. The smallest absolute Gasteiger partial charge is 0.409 e. The van der Waals surface area contributed by atoms with E-state index >= 15 is 0 Å². The zero-order valence-corrected chi connectivity index (χ0v) is 12.4. The molecule has 1 fully saturated rings. The van der Waals surface area contributed by atoms with Gasteiger partial charge in [0, 0.05) is 32.4 Å². The molecule has 6 nitrogen and oxygen atoms in total. The largest absolute Gasteiger partial charge is 0.450 e. The molecule has 1 amide bonds. The molecule has 7 heteroatoms. The van der Waals surface area contributed by atoms with Crippen LogP contribution in [0.3, 0.4) is 0 Å². The van der Waals surface area contributed by atoms with Crippen LogP contribution in [0, 0.1) is 0 Å². The number of amides is 1. The Balaban J connectivity index is 2.02. The van der Waals surface area contributed by atoms with Crippen molar-refractivity contribution in [3.63, 3.8) is 0 Å². The van der Waals surface area contributed by atoms with Gasteiger partial charge < -0.3 is 20.3 Å². The molecule has 1 aromatic rings. The number of nitrogens with two attached hydrogens (primary N) is 1. The number of anilines is 2. The predicted molar refractivity (Wildman–Crippen MR) is 77.2 cm³/mol. The molecule has 1 aromatic heterocycles. The molecular weight excluding hydrogens is 312 g/mol. The van der Waals surface area contributed by atoms with Crippen molar-refractivity contribution in [1.82, 2.24) is 9.88 Å². The Morgan fingerprint density at radius 1 is 1.42 bits per heavy atom. The van der Waals surface area contributed by atoms with Crippen LogP contribution in [0.25, 0.3) is 0 Å². The van der Waals surface area contributed by atoms with E-state index < -0.39 is 0 Å². The maximum atomic E-state index is 11.6. The monoisotopic (exact) mass is 328 g/mol. The highest BCUT2D eigenvalue weighted by atomic mass is 79.9. The van der Waals surface area contributed by atoms with Gasteiger partial charge in [0.05, 0.1) is 28.7 Å². The molecule has 0 radical (unpaired) electrons. The quantitative estimate of drug-likeness (QED) is 0.894. The number of halogens is 1. The van der Waals surface area contributed by atoms with Crippen molar-refractivity contribution in [2.24, 2.45) is 0 Å². The third-order valence-electron chi connectivity index (χ3n) is 3.02.